The van der Waals surface area contributed by atoms with Crippen LogP contribution in [0.4, 0.5) is 0 Å². The van der Waals surface area contributed by atoms with Crippen molar-refractivity contribution in [1.82, 2.24) is 14.5 Å². The van der Waals surface area contributed by atoms with Gasteiger partial charge in [-0.25, -0.2) is 4.98 Å². The van der Waals surface area contributed by atoms with E-state index in [1.165, 1.54) is 22.2 Å². The highest BCUT2D eigenvalue weighted by molar-refractivity contribution is 7.16. The number of thiophene rings is 1. The largest absolute Gasteiger partial charge is 0.383 e. The minimum absolute atomic E-state index is 0.0311. The zero-order valence-corrected chi connectivity index (χ0v) is 14.2. The van der Waals surface area contributed by atoms with Gasteiger partial charge in [-0.05, 0) is 11.4 Å². The lowest BCUT2D eigenvalue weighted by atomic mass is 10.3. The maximum atomic E-state index is 12.3. The molecule has 2 aromatic rings. The number of hydrogen-bond acceptors (Lipinski definition) is 6. The predicted octanol–water partition coefficient (Wildman–Crippen LogP) is 0.970. The first-order valence-corrected chi connectivity index (χ1v) is 8.23. The third kappa shape index (κ3) is 4.60. The van der Waals surface area contributed by atoms with Crippen LogP contribution in [0.1, 0.15) is 6.42 Å². The third-order valence-corrected chi connectivity index (χ3v) is 4.32. The Kier molecular flexibility index (Phi) is 6.69. The van der Waals surface area contributed by atoms with Gasteiger partial charge in [-0.2, -0.15) is 0 Å². The third-order valence-electron chi connectivity index (χ3n) is 3.50. The van der Waals surface area contributed by atoms with Crippen molar-refractivity contribution in [3.05, 3.63) is 28.1 Å². The number of methoxy groups -OCH3 is 2. The van der Waals surface area contributed by atoms with Crippen LogP contribution in [0, 0.1) is 0 Å². The van der Waals surface area contributed by atoms with Gasteiger partial charge in [-0.3, -0.25) is 14.2 Å². The van der Waals surface area contributed by atoms with Crippen LogP contribution in [-0.4, -0.2) is 60.9 Å². The molecule has 2 heterocycles. The van der Waals surface area contributed by atoms with Crippen LogP contribution in [0.15, 0.2) is 22.6 Å². The number of aryl methyl sites for hydroxylation is 1. The van der Waals surface area contributed by atoms with Crippen molar-refractivity contribution in [3.8, 4) is 0 Å². The molecule has 2 aromatic heterocycles. The highest BCUT2D eigenvalue weighted by atomic mass is 32.1. The monoisotopic (exact) mass is 339 g/mol. The second-order valence-corrected chi connectivity index (χ2v) is 5.89. The van der Waals surface area contributed by atoms with Crippen molar-refractivity contribution in [2.45, 2.75) is 13.0 Å². The fourth-order valence-corrected chi connectivity index (χ4v) is 2.91. The molecule has 0 radical (unpaired) electrons. The highest BCUT2D eigenvalue weighted by Crippen LogP contribution is 2.13. The number of ether oxygens (including phenoxy) is 2. The van der Waals surface area contributed by atoms with Crippen molar-refractivity contribution in [2.75, 3.05) is 40.5 Å². The van der Waals surface area contributed by atoms with Gasteiger partial charge in [0.05, 0.1) is 24.9 Å². The summed E-state index contributed by atoms with van der Waals surface area (Å²) in [5, 5.41) is 2.44. The molecule has 126 valence electrons. The molecule has 23 heavy (non-hydrogen) atoms. The Morgan fingerprint density at radius 3 is 2.65 bits per heavy atom. The maximum Gasteiger partial charge on any atom is 0.262 e. The van der Waals surface area contributed by atoms with Gasteiger partial charge >= 0.3 is 0 Å². The SMILES string of the molecule is COCCN(CCOC)C(=O)CCn1cnc2sccc2c1=O. The van der Waals surface area contributed by atoms with Crippen LogP contribution < -0.4 is 5.56 Å². The lowest BCUT2D eigenvalue weighted by Gasteiger charge is -2.22. The average molecular weight is 339 g/mol. The molecular formula is C15H21N3O4S. The van der Waals surface area contributed by atoms with E-state index >= 15 is 0 Å². The summed E-state index contributed by atoms with van der Waals surface area (Å²) in [5.41, 5.74) is -0.107. The fraction of sp³-hybridized carbons (Fsp3) is 0.533. The van der Waals surface area contributed by atoms with Gasteiger partial charge in [-0.1, -0.05) is 0 Å². The van der Waals surface area contributed by atoms with E-state index in [4.69, 9.17) is 9.47 Å². The summed E-state index contributed by atoms with van der Waals surface area (Å²) in [4.78, 5) is 31.3. The maximum absolute atomic E-state index is 12.3. The quantitative estimate of drug-likeness (QED) is 0.681. The van der Waals surface area contributed by atoms with E-state index in [0.717, 1.165) is 4.83 Å². The molecule has 0 fully saturated rings. The molecular weight excluding hydrogens is 318 g/mol. The first kappa shape index (κ1) is 17.6. The van der Waals surface area contributed by atoms with Crippen LogP contribution >= 0.6 is 11.3 Å². The summed E-state index contributed by atoms with van der Waals surface area (Å²) in [6, 6.07) is 1.76. The number of hydrogen-bond donors (Lipinski definition) is 0. The fourth-order valence-electron chi connectivity index (χ4n) is 2.19. The Hall–Kier alpha value is -1.77. The van der Waals surface area contributed by atoms with E-state index < -0.39 is 0 Å². The number of aromatic nitrogens is 2. The van der Waals surface area contributed by atoms with Gasteiger partial charge in [0, 0.05) is 40.3 Å². The van der Waals surface area contributed by atoms with Crippen LogP contribution in [0.5, 0.6) is 0 Å². The highest BCUT2D eigenvalue weighted by Gasteiger charge is 2.14. The lowest BCUT2D eigenvalue weighted by Crippen LogP contribution is -2.37. The first-order valence-electron chi connectivity index (χ1n) is 7.35. The molecule has 7 nitrogen and oxygen atoms in total. The molecule has 0 aromatic carbocycles. The Balaban J connectivity index is 1.99. The zero-order valence-electron chi connectivity index (χ0n) is 13.4. The number of rotatable bonds is 9. The molecule has 0 atom stereocenters. The van der Waals surface area contributed by atoms with E-state index in [9.17, 15) is 9.59 Å². The van der Waals surface area contributed by atoms with Crippen molar-refractivity contribution < 1.29 is 14.3 Å². The molecule has 0 saturated heterocycles. The van der Waals surface area contributed by atoms with Crippen molar-refractivity contribution >= 4 is 27.5 Å². The zero-order chi connectivity index (χ0) is 16.7. The number of carbonyl (C=O) groups is 1. The first-order chi connectivity index (χ1) is 11.2. The summed E-state index contributed by atoms with van der Waals surface area (Å²) >= 11 is 1.43. The second kappa shape index (κ2) is 8.76. The normalized spacial score (nSPS) is 11.0. The molecule has 8 heteroatoms. The van der Waals surface area contributed by atoms with Gasteiger partial charge < -0.3 is 14.4 Å². The lowest BCUT2D eigenvalue weighted by molar-refractivity contribution is -0.132. The molecule has 1 amide bonds. The number of fused-ring (bicyclic) bond motifs is 1. The van der Waals surface area contributed by atoms with E-state index in [2.05, 4.69) is 4.98 Å². The topological polar surface area (TPSA) is 73.7 Å². The van der Waals surface area contributed by atoms with Gasteiger partial charge in [-0.15, -0.1) is 11.3 Å². The molecule has 0 aliphatic carbocycles. The smallest absolute Gasteiger partial charge is 0.262 e. The van der Waals surface area contributed by atoms with Crippen LogP contribution in [-0.2, 0) is 20.8 Å². The number of amides is 1. The summed E-state index contributed by atoms with van der Waals surface area (Å²) in [6.45, 7) is 2.27. The summed E-state index contributed by atoms with van der Waals surface area (Å²) in [6.07, 6.45) is 1.74. The standard InChI is InChI=1S/C15H21N3O4S/c1-21-8-6-17(7-9-22-2)13(19)3-5-18-11-16-14-12(15(18)20)4-10-23-14/h4,10-11H,3,5-9H2,1-2H3. The van der Waals surface area contributed by atoms with Crippen LogP contribution in [0.2, 0.25) is 0 Å². The summed E-state index contributed by atoms with van der Waals surface area (Å²) in [7, 11) is 3.19. The minimum Gasteiger partial charge on any atom is -0.383 e. The van der Waals surface area contributed by atoms with Crippen LogP contribution in [0.25, 0.3) is 10.2 Å². The van der Waals surface area contributed by atoms with E-state index in [0.29, 0.717) is 38.2 Å². The van der Waals surface area contributed by atoms with E-state index in [1.807, 2.05) is 5.38 Å². The molecule has 0 bridgehead atoms. The molecule has 2 rings (SSSR count). The van der Waals surface area contributed by atoms with Gasteiger partial charge in [0.1, 0.15) is 4.83 Å². The molecule has 0 aliphatic rings. The molecule has 0 spiro atoms. The Bertz CT molecular complexity index is 689. The Labute approximate surface area is 138 Å². The van der Waals surface area contributed by atoms with Crippen LogP contribution in [0.3, 0.4) is 0 Å². The van der Waals surface area contributed by atoms with Crippen molar-refractivity contribution in [2.24, 2.45) is 0 Å². The predicted molar refractivity (Wildman–Crippen MR) is 88.8 cm³/mol. The molecule has 0 unspecified atom stereocenters. The van der Waals surface area contributed by atoms with Gasteiger partial charge in [0.15, 0.2) is 0 Å². The van der Waals surface area contributed by atoms with Gasteiger partial charge in [0.25, 0.3) is 5.56 Å². The van der Waals surface area contributed by atoms with Crippen molar-refractivity contribution in [3.63, 3.8) is 0 Å². The Morgan fingerprint density at radius 2 is 2.00 bits per heavy atom. The number of carbonyl (C=O) groups excluding carboxylic acids is 1. The molecule has 0 N–H and O–H groups in total. The second-order valence-electron chi connectivity index (χ2n) is 5.00. The molecule has 0 aliphatic heterocycles. The average Bonchev–Trinajstić information content (AvgIpc) is 3.03. The summed E-state index contributed by atoms with van der Waals surface area (Å²) in [5.74, 6) is -0.0311. The Morgan fingerprint density at radius 1 is 1.30 bits per heavy atom. The van der Waals surface area contributed by atoms with Gasteiger partial charge in [0.2, 0.25) is 5.91 Å². The van der Waals surface area contributed by atoms with Crippen molar-refractivity contribution in [1.29, 1.82) is 0 Å². The minimum atomic E-state index is -0.107. The summed E-state index contributed by atoms with van der Waals surface area (Å²) < 4.78 is 11.5. The number of nitrogens with zero attached hydrogens (tertiary/aromatic N) is 3. The van der Waals surface area contributed by atoms with E-state index in [1.54, 1.807) is 25.2 Å². The van der Waals surface area contributed by atoms with E-state index in [-0.39, 0.29) is 17.9 Å². The molecule has 0 saturated carbocycles.